The minimum absolute atomic E-state index is 0.390. The summed E-state index contributed by atoms with van der Waals surface area (Å²) in [5, 5.41) is 3.37. The molecule has 0 atom stereocenters. The minimum atomic E-state index is -0.549. The summed E-state index contributed by atoms with van der Waals surface area (Å²) in [5.41, 5.74) is 1.97. The number of hydrogen-bond acceptors (Lipinski definition) is 3. The summed E-state index contributed by atoms with van der Waals surface area (Å²) in [4.78, 5) is 23.7. The summed E-state index contributed by atoms with van der Waals surface area (Å²) >= 11 is 11.7. The molecule has 120 valence electrons. The van der Waals surface area contributed by atoms with Crippen molar-refractivity contribution in [2.45, 2.75) is 13.3 Å². The van der Waals surface area contributed by atoms with Gasteiger partial charge in [0, 0.05) is 15.7 Å². The summed E-state index contributed by atoms with van der Waals surface area (Å²) in [7, 11) is 0. The first-order valence-corrected chi connectivity index (χ1v) is 7.75. The van der Waals surface area contributed by atoms with Crippen LogP contribution < -0.4 is 5.32 Å². The van der Waals surface area contributed by atoms with E-state index in [-0.39, 0.29) is 0 Å². The maximum atomic E-state index is 11.9. The highest BCUT2D eigenvalue weighted by atomic mass is 35.5. The first-order valence-electron chi connectivity index (χ1n) is 7.00. The summed E-state index contributed by atoms with van der Waals surface area (Å²) in [6.45, 7) is 1.64. The number of carbonyl (C=O) groups excluding carboxylic acids is 2. The molecule has 0 radical (unpaired) electrons. The Kier molecular flexibility index (Phi) is 6.02. The third-order valence-corrected chi connectivity index (χ3v) is 3.51. The van der Waals surface area contributed by atoms with Gasteiger partial charge in [-0.25, -0.2) is 4.79 Å². The topological polar surface area (TPSA) is 55.4 Å². The Bertz CT molecular complexity index is 694. The Morgan fingerprint density at radius 3 is 2.22 bits per heavy atom. The molecule has 23 heavy (non-hydrogen) atoms. The lowest BCUT2D eigenvalue weighted by Crippen LogP contribution is -2.20. The van der Waals surface area contributed by atoms with Crippen LogP contribution in [0, 0.1) is 0 Å². The van der Waals surface area contributed by atoms with E-state index in [0.29, 0.717) is 21.3 Å². The summed E-state index contributed by atoms with van der Waals surface area (Å²) in [6, 6.07) is 11.7. The van der Waals surface area contributed by atoms with Crippen LogP contribution in [0.1, 0.15) is 22.8 Å². The second-order valence-corrected chi connectivity index (χ2v) is 5.71. The monoisotopic (exact) mass is 351 g/mol. The molecule has 0 aromatic heterocycles. The van der Waals surface area contributed by atoms with Crippen LogP contribution in [-0.4, -0.2) is 18.5 Å². The molecule has 6 heteroatoms. The zero-order valence-corrected chi connectivity index (χ0v) is 13.9. The number of aryl methyl sites for hydroxylation is 1. The zero-order chi connectivity index (χ0) is 16.8. The van der Waals surface area contributed by atoms with Gasteiger partial charge in [-0.15, -0.1) is 0 Å². The molecule has 2 aromatic carbocycles. The largest absolute Gasteiger partial charge is 0.452 e. The van der Waals surface area contributed by atoms with Gasteiger partial charge in [-0.2, -0.15) is 0 Å². The number of rotatable bonds is 5. The average molecular weight is 352 g/mol. The van der Waals surface area contributed by atoms with Gasteiger partial charge in [0.15, 0.2) is 6.61 Å². The Hall–Kier alpha value is -2.04. The fraction of sp³-hybridized carbons (Fsp3) is 0.176. The van der Waals surface area contributed by atoms with Crippen molar-refractivity contribution in [3.05, 3.63) is 63.6 Å². The van der Waals surface area contributed by atoms with E-state index < -0.39 is 18.5 Å². The maximum absolute atomic E-state index is 11.9. The predicted molar refractivity (Wildman–Crippen MR) is 91.2 cm³/mol. The Morgan fingerprint density at radius 1 is 1.04 bits per heavy atom. The maximum Gasteiger partial charge on any atom is 0.338 e. The number of anilines is 1. The lowest BCUT2D eigenvalue weighted by molar-refractivity contribution is -0.119. The fourth-order valence-corrected chi connectivity index (χ4v) is 2.44. The molecule has 0 aliphatic rings. The summed E-state index contributed by atoms with van der Waals surface area (Å²) in [6.07, 6.45) is 0.889. The van der Waals surface area contributed by atoms with E-state index >= 15 is 0 Å². The number of nitrogens with one attached hydrogen (secondary N) is 1. The molecule has 4 nitrogen and oxygen atoms in total. The molecule has 0 aliphatic carbocycles. The van der Waals surface area contributed by atoms with Crippen molar-refractivity contribution in [2.75, 3.05) is 11.9 Å². The van der Waals surface area contributed by atoms with E-state index in [1.54, 1.807) is 30.3 Å². The fourth-order valence-electron chi connectivity index (χ4n) is 1.91. The van der Waals surface area contributed by atoms with Crippen LogP contribution in [0.4, 0.5) is 5.69 Å². The summed E-state index contributed by atoms with van der Waals surface area (Å²) in [5.74, 6) is -1.02. The zero-order valence-electron chi connectivity index (χ0n) is 12.4. The molecule has 0 unspecified atom stereocenters. The van der Waals surface area contributed by atoms with Crippen molar-refractivity contribution in [1.29, 1.82) is 0 Å². The molecule has 0 saturated carbocycles. The molecule has 1 amide bonds. The van der Waals surface area contributed by atoms with E-state index in [9.17, 15) is 9.59 Å². The quantitative estimate of drug-likeness (QED) is 0.814. The van der Waals surface area contributed by atoms with Crippen molar-refractivity contribution in [3.8, 4) is 0 Å². The van der Waals surface area contributed by atoms with E-state index in [2.05, 4.69) is 5.32 Å². The number of halogens is 2. The first-order chi connectivity index (χ1) is 11.0. The van der Waals surface area contributed by atoms with E-state index in [1.165, 1.54) is 0 Å². The highest BCUT2D eigenvalue weighted by Crippen LogP contribution is 2.22. The number of ether oxygens (including phenoxy) is 1. The van der Waals surface area contributed by atoms with Crippen LogP contribution in [-0.2, 0) is 16.0 Å². The molecule has 2 rings (SSSR count). The minimum Gasteiger partial charge on any atom is -0.452 e. The number of benzene rings is 2. The molecule has 0 fully saturated rings. The lowest BCUT2D eigenvalue weighted by Gasteiger charge is -2.08. The standard InChI is InChI=1S/C17H15Cl2NO3/c1-2-11-3-5-12(6-4-11)17(22)23-10-16(21)20-15-8-13(18)7-14(19)9-15/h3-9H,2,10H2,1H3,(H,20,21). The van der Waals surface area contributed by atoms with Crippen molar-refractivity contribution in [2.24, 2.45) is 0 Å². The van der Waals surface area contributed by atoms with Crippen molar-refractivity contribution in [3.63, 3.8) is 0 Å². The van der Waals surface area contributed by atoms with Crippen LogP contribution in [0.5, 0.6) is 0 Å². The van der Waals surface area contributed by atoms with Crippen LogP contribution >= 0.6 is 23.2 Å². The predicted octanol–water partition coefficient (Wildman–Crippen LogP) is 4.35. The van der Waals surface area contributed by atoms with Gasteiger partial charge in [0.25, 0.3) is 5.91 Å². The van der Waals surface area contributed by atoms with Gasteiger partial charge < -0.3 is 10.1 Å². The van der Waals surface area contributed by atoms with Crippen molar-refractivity contribution in [1.82, 2.24) is 0 Å². The average Bonchev–Trinajstić information content (AvgIpc) is 2.51. The molecule has 0 spiro atoms. The number of carbonyl (C=O) groups is 2. The third-order valence-electron chi connectivity index (χ3n) is 3.08. The lowest BCUT2D eigenvalue weighted by atomic mass is 10.1. The summed E-state index contributed by atoms with van der Waals surface area (Å²) < 4.78 is 4.98. The number of hydrogen-bond donors (Lipinski definition) is 1. The molecule has 0 heterocycles. The molecule has 1 N–H and O–H groups in total. The molecular weight excluding hydrogens is 337 g/mol. The number of esters is 1. The normalized spacial score (nSPS) is 10.2. The van der Waals surface area contributed by atoms with Crippen LogP contribution in [0.15, 0.2) is 42.5 Å². The molecule has 0 saturated heterocycles. The highest BCUT2D eigenvalue weighted by Gasteiger charge is 2.11. The van der Waals surface area contributed by atoms with Gasteiger partial charge >= 0.3 is 5.97 Å². The molecule has 0 bridgehead atoms. The van der Waals surface area contributed by atoms with Crippen molar-refractivity contribution >= 4 is 40.8 Å². The van der Waals surface area contributed by atoms with Gasteiger partial charge in [-0.1, -0.05) is 42.3 Å². The van der Waals surface area contributed by atoms with E-state index in [0.717, 1.165) is 12.0 Å². The molecule has 2 aromatic rings. The van der Waals surface area contributed by atoms with Crippen molar-refractivity contribution < 1.29 is 14.3 Å². The second kappa shape index (κ2) is 7.99. The van der Waals surface area contributed by atoms with E-state index in [1.807, 2.05) is 19.1 Å². The Balaban J connectivity index is 1.89. The SMILES string of the molecule is CCc1ccc(C(=O)OCC(=O)Nc2cc(Cl)cc(Cl)c2)cc1. The van der Waals surface area contributed by atoms with Gasteiger partial charge in [-0.05, 0) is 42.3 Å². The smallest absolute Gasteiger partial charge is 0.338 e. The second-order valence-electron chi connectivity index (χ2n) is 4.83. The first kappa shape index (κ1) is 17.3. The Morgan fingerprint density at radius 2 is 1.65 bits per heavy atom. The Labute approximate surface area is 144 Å². The van der Waals surface area contributed by atoms with Gasteiger partial charge in [-0.3, -0.25) is 4.79 Å². The van der Waals surface area contributed by atoms with Gasteiger partial charge in [0.05, 0.1) is 5.56 Å². The van der Waals surface area contributed by atoms with Crippen LogP contribution in [0.3, 0.4) is 0 Å². The molecular formula is C17H15Cl2NO3. The van der Waals surface area contributed by atoms with Gasteiger partial charge in [0.1, 0.15) is 0 Å². The molecule has 0 aliphatic heterocycles. The third kappa shape index (κ3) is 5.27. The van der Waals surface area contributed by atoms with Crippen LogP contribution in [0.2, 0.25) is 10.0 Å². The van der Waals surface area contributed by atoms with Crippen LogP contribution in [0.25, 0.3) is 0 Å². The van der Waals surface area contributed by atoms with E-state index in [4.69, 9.17) is 27.9 Å². The number of amides is 1. The van der Waals surface area contributed by atoms with Gasteiger partial charge in [0.2, 0.25) is 0 Å². The highest BCUT2D eigenvalue weighted by molar-refractivity contribution is 6.35.